The van der Waals surface area contributed by atoms with Gasteiger partial charge >= 0.3 is 0 Å². The maximum absolute atomic E-state index is 12.2. The summed E-state index contributed by atoms with van der Waals surface area (Å²) >= 11 is 0. The van der Waals surface area contributed by atoms with E-state index in [0.717, 1.165) is 28.1 Å². The molecule has 0 fully saturated rings. The molecule has 0 saturated heterocycles. The van der Waals surface area contributed by atoms with Crippen LogP contribution in [0.15, 0.2) is 71.5 Å². The van der Waals surface area contributed by atoms with Crippen molar-refractivity contribution < 1.29 is 0 Å². The molecule has 0 bridgehead atoms. The van der Waals surface area contributed by atoms with Crippen LogP contribution in [0.3, 0.4) is 0 Å². The molecule has 3 aromatic rings. The Hall–Kier alpha value is -2.61. The van der Waals surface area contributed by atoms with E-state index < -0.39 is 0 Å². The van der Waals surface area contributed by atoms with Gasteiger partial charge in [0.1, 0.15) is 0 Å². The van der Waals surface area contributed by atoms with Crippen molar-refractivity contribution >= 4 is 0 Å². The summed E-state index contributed by atoms with van der Waals surface area (Å²) in [6, 6.07) is 21.5. The van der Waals surface area contributed by atoms with Gasteiger partial charge in [0.15, 0.2) is 5.43 Å². The molecule has 20 heavy (non-hydrogen) atoms. The van der Waals surface area contributed by atoms with Crippen LogP contribution in [0.1, 0.15) is 5.56 Å². The predicted octanol–water partition coefficient (Wildman–Crippen LogP) is 4.02. The molecule has 3 rings (SSSR count). The van der Waals surface area contributed by atoms with Gasteiger partial charge in [-0.15, -0.1) is 0 Å². The van der Waals surface area contributed by atoms with Gasteiger partial charge in [0, 0.05) is 17.3 Å². The number of hydrogen-bond donors (Lipinski definition) is 1. The molecular formula is C18H15NO. The first-order valence-corrected chi connectivity index (χ1v) is 6.60. The van der Waals surface area contributed by atoms with Gasteiger partial charge in [0.05, 0.1) is 5.69 Å². The summed E-state index contributed by atoms with van der Waals surface area (Å²) in [6.45, 7) is 1.86. The van der Waals surface area contributed by atoms with Crippen LogP contribution in [0.25, 0.3) is 22.5 Å². The minimum atomic E-state index is 0.0569. The molecule has 0 atom stereocenters. The predicted molar refractivity (Wildman–Crippen MR) is 82.7 cm³/mol. The van der Waals surface area contributed by atoms with Gasteiger partial charge in [-0.2, -0.15) is 0 Å². The Balaban J connectivity index is 2.22. The van der Waals surface area contributed by atoms with E-state index in [1.807, 2.05) is 67.6 Å². The van der Waals surface area contributed by atoms with E-state index in [-0.39, 0.29) is 5.43 Å². The minimum Gasteiger partial charge on any atom is -0.354 e. The lowest BCUT2D eigenvalue weighted by Crippen LogP contribution is -2.08. The number of benzene rings is 2. The van der Waals surface area contributed by atoms with E-state index in [2.05, 4.69) is 4.98 Å². The van der Waals surface area contributed by atoms with Crippen molar-refractivity contribution in [3.05, 3.63) is 82.5 Å². The number of rotatable bonds is 2. The molecule has 0 aliphatic carbocycles. The van der Waals surface area contributed by atoms with Gasteiger partial charge in [0.25, 0.3) is 0 Å². The average molecular weight is 261 g/mol. The third-order valence-electron chi connectivity index (χ3n) is 3.43. The van der Waals surface area contributed by atoms with Gasteiger partial charge in [-0.1, -0.05) is 60.7 Å². The smallest absolute Gasteiger partial charge is 0.185 e. The van der Waals surface area contributed by atoms with E-state index in [1.165, 1.54) is 0 Å². The molecule has 0 amide bonds. The van der Waals surface area contributed by atoms with Crippen LogP contribution in [0, 0.1) is 6.92 Å². The molecule has 2 heteroatoms. The monoisotopic (exact) mass is 261 g/mol. The number of aromatic nitrogens is 1. The lowest BCUT2D eigenvalue weighted by atomic mass is 10.0. The van der Waals surface area contributed by atoms with Crippen molar-refractivity contribution in [1.82, 2.24) is 4.98 Å². The zero-order chi connectivity index (χ0) is 13.9. The molecule has 2 nitrogen and oxygen atoms in total. The maximum atomic E-state index is 12.2. The summed E-state index contributed by atoms with van der Waals surface area (Å²) < 4.78 is 0. The molecule has 2 aromatic carbocycles. The van der Waals surface area contributed by atoms with Crippen LogP contribution in [0.2, 0.25) is 0 Å². The Labute approximate surface area is 117 Å². The molecule has 0 aliphatic rings. The molecule has 0 unspecified atom stereocenters. The number of hydrogen-bond acceptors (Lipinski definition) is 1. The number of aromatic amines is 1. The fourth-order valence-electron chi connectivity index (χ4n) is 2.29. The zero-order valence-electron chi connectivity index (χ0n) is 11.3. The van der Waals surface area contributed by atoms with Crippen LogP contribution in [0.4, 0.5) is 0 Å². The highest BCUT2D eigenvalue weighted by atomic mass is 16.1. The molecule has 0 radical (unpaired) electrons. The van der Waals surface area contributed by atoms with Crippen LogP contribution < -0.4 is 5.43 Å². The van der Waals surface area contributed by atoms with E-state index >= 15 is 0 Å². The molecule has 0 aliphatic heterocycles. The molecule has 0 spiro atoms. The molecule has 0 saturated carbocycles. The summed E-state index contributed by atoms with van der Waals surface area (Å²) in [5, 5.41) is 0. The topological polar surface area (TPSA) is 32.9 Å². The van der Waals surface area contributed by atoms with Crippen molar-refractivity contribution in [2.75, 3.05) is 0 Å². The second-order valence-electron chi connectivity index (χ2n) is 4.78. The fraction of sp³-hybridized carbons (Fsp3) is 0.0556. The summed E-state index contributed by atoms with van der Waals surface area (Å²) in [7, 11) is 0. The number of H-pyrrole nitrogens is 1. The highest BCUT2D eigenvalue weighted by molar-refractivity contribution is 5.68. The van der Waals surface area contributed by atoms with Gasteiger partial charge in [0.2, 0.25) is 0 Å². The van der Waals surface area contributed by atoms with E-state index in [0.29, 0.717) is 0 Å². The minimum absolute atomic E-state index is 0.0569. The fourth-order valence-corrected chi connectivity index (χ4v) is 2.29. The van der Waals surface area contributed by atoms with Crippen LogP contribution in [0.5, 0.6) is 0 Å². The third-order valence-corrected chi connectivity index (χ3v) is 3.43. The first-order valence-electron chi connectivity index (χ1n) is 6.60. The quantitative estimate of drug-likeness (QED) is 0.742. The van der Waals surface area contributed by atoms with Gasteiger partial charge in [-0.3, -0.25) is 4.79 Å². The van der Waals surface area contributed by atoms with Gasteiger partial charge in [-0.05, 0) is 18.1 Å². The van der Waals surface area contributed by atoms with Crippen molar-refractivity contribution in [3.63, 3.8) is 0 Å². The standard InChI is InChI=1S/C18H15NO/c1-13-17(20)12-16(14-8-4-2-5-9-14)19-18(13)15-10-6-3-7-11-15/h2-12H,1H3,(H,19,20). The van der Waals surface area contributed by atoms with E-state index in [4.69, 9.17) is 0 Å². The SMILES string of the molecule is Cc1c(-c2ccccc2)[nH]c(-c2ccccc2)cc1=O. The average Bonchev–Trinajstić information content (AvgIpc) is 2.51. The molecule has 1 heterocycles. The van der Waals surface area contributed by atoms with E-state index in [9.17, 15) is 4.79 Å². The molecule has 1 N–H and O–H groups in total. The highest BCUT2D eigenvalue weighted by Gasteiger charge is 2.08. The van der Waals surface area contributed by atoms with Gasteiger partial charge in [-0.25, -0.2) is 0 Å². The Morgan fingerprint density at radius 1 is 0.800 bits per heavy atom. The number of pyridine rings is 1. The van der Waals surface area contributed by atoms with Crippen molar-refractivity contribution in [3.8, 4) is 22.5 Å². The summed E-state index contributed by atoms with van der Waals surface area (Å²) in [5.41, 5.74) is 4.58. The first kappa shape index (κ1) is 12.4. The third kappa shape index (κ3) is 2.28. The Bertz CT molecular complexity index is 774. The van der Waals surface area contributed by atoms with Crippen molar-refractivity contribution in [2.45, 2.75) is 6.92 Å². The Morgan fingerprint density at radius 2 is 1.35 bits per heavy atom. The summed E-state index contributed by atoms with van der Waals surface area (Å²) in [6.07, 6.45) is 0. The Kier molecular flexibility index (Phi) is 3.21. The summed E-state index contributed by atoms with van der Waals surface area (Å²) in [4.78, 5) is 15.6. The van der Waals surface area contributed by atoms with Crippen LogP contribution in [-0.4, -0.2) is 4.98 Å². The summed E-state index contributed by atoms with van der Waals surface area (Å²) in [5.74, 6) is 0. The second-order valence-corrected chi connectivity index (χ2v) is 4.78. The lowest BCUT2D eigenvalue weighted by molar-refractivity contribution is 1.24. The molecule has 98 valence electrons. The van der Waals surface area contributed by atoms with E-state index in [1.54, 1.807) is 6.07 Å². The lowest BCUT2D eigenvalue weighted by Gasteiger charge is -2.09. The van der Waals surface area contributed by atoms with Gasteiger partial charge < -0.3 is 4.98 Å². The maximum Gasteiger partial charge on any atom is 0.185 e. The normalized spacial score (nSPS) is 10.4. The first-order chi connectivity index (χ1) is 9.75. The van der Waals surface area contributed by atoms with Crippen molar-refractivity contribution in [2.24, 2.45) is 0 Å². The zero-order valence-corrected chi connectivity index (χ0v) is 11.3. The van der Waals surface area contributed by atoms with Crippen LogP contribution in [-0.2, 0) is 0 Å². The second kappa shape index (κ2) is 5.17. The number of nitrogens with one attached hydrogen (secondary N) is 1. The van der Waals surface area contributed by atoms with Crippen LogP contribution >= 0.6 is 0 Å². The highest BCUT2D eigenvalue weighted by Crippen LogP contribution is 2.23. The Morgan fingerprint density at radius 3 is 1.95 bits per heavy atom. The molecule has 1 aromatic heterocycles. The van der Waals surface area contributed by atoms with Crippen molar-refractivity contribution in [1.29, 1.82) is 0 Å². The largest absolute Gasteiger partial charge is 0.354 e. The molecular weight excluding hydrogens is 246 g/mol.